The van der Waals surface area contributed by atoms with E-state index in [1.165, 1.54) is 0 Å². The Hall–Kier alpha value is -2.83. The largest absolute Gasteiger partial charge is 0.497 e. The monoisotopic (exact) mass is 341 g/mol. The molecule has 7 nitrogen and oxygen atoms in total. The van der Waals surface area contributed by atoms with E-state index in [4.69, 9.17) is 4.74 Å². The van der Waals surface area contributed by atoms with Crippen molar-refractivity contribution in [1.82, 2.24) is 20.2 Å². The molecule has 1 aromatic carbocycles. The fourth-order valence-electron chi connectivity index (χ4n) is 2.85. The van der Waals surface area contributed by atoms with Gasteiger partial charge in [0.15, 0.2) is 0 Å². The highest BCUT2D eigenvalue weighted by Crippen LogP contribution is 2.13. The summed E-state index contributed by atoms with van der Waals surface area (Å²) in [5.74, 6) is 1.70. The molecule has 132 valence electrons. The average molecular weight is 341 g/mol. The first-order chi connectivity index (χ1) is 12.3. The van der Waals surface area contributed by atoms with Crippen molar-refractivity contribution < 1.29 is 9.53 Å². The molecule has 1 aromatic heterocycles. The lowest BCUT2D eigenvalue weighted by atomic mass is 10.1. The summed E-state index contributed by atoms with van der Waals surface area (Å²) in [6.07, 6.45) is 5.88. The summed E-state index contributed by atoms with van der Waals surface area (Å²) in [6.45, 7) is 3.50. The molecule has 1 saturated heterocycles. The maximum atomic E-state index is 12.3. The van der Waals surface area contributed by atoms with E-state index in [0.29, 0.717) is 19.6 Å². The Morgan fingerprint density at radius 1 is 1.24 bits per heavy atom. The van der Waals surface area contributed by atoms with Crippen LogP contribution < -0.4 is 15.0 Å². The number of urea groups is 1. The van der Waals surface area contributed by atoms with Gasteiger partial charge in [0.05, 0.1) is 13.3 Å². The van der Waals surface area contributed by atoms with Gasteiger partial charge in [-0.2, -0.15) is 0 Å². The van der Waals surface area contributed by atoms with Crippen molar-refractivity contribution in [2.24, 2.45) is 0 Å². The second-order valence-electron chi connectivity index (χ2n) is 5.87. The molecule has 7 heteroatoms. The molecule has 1 aliphatic rings. The van der Waals surface area contributed by atoms with Gasteiger partial charge in [0.25, 0.3) is 0 Å². The molecular weight excluding hydrogens is 318 g/mol. The number of piperazine rings is 1. The van der Waals surface area contributed by atoms with E-state index < -0.39 is 0 Å². The maximum absolute atomic E-state index is 12.3. The van der Waals surface area contributed by atoms with Crippen LogP contribution >= 0.6 is 0 Å². The summed E-state index contributed by atoms with van der Waals surface area (Å²) in [4.78, 5) is 24.7. The number of anilines is 1. The average Bonchev–Trinajstić information content (AvgIpc) is 2.69. The van der Waals surface area contributed by atoms with Crippen LogP contribution in [-0.4, -0.2) is 60.7 Å². The highest BCUT2D eigenvalue weighted by molar-refractivity contribution is 5.74. The van der Waals surface area contributed by atoms with Crippen LogP contribution in [0.1, 0.15) is 5.56 Å². The smallest absolute Gasteiger partial charge is 0.317 e. The lowest BCUT2D eigenvalue weighted by molar-refractivity contribution is 0.194. The zero-order valence-electron chi connectivity index (χ0n) is 14.4. The number of rotatable bonds is 5. The molecule has 0 unspecified atom stereocenters. The van der Waals surface area contributed by atoms with E-state index in [-0.39, 0.29) is 6.03 Å². The van der Waals surface area contributed by atoms with E-state index >= 15 is 0 Å². The highest BCUT2D eigenvalue weighted by atomic mass is 16.5. The van der Waals surface area contributed by atoms with Crippen molar-refractivity contribution in [3.05, 3.63) is 48.4 Å². The van der Waals surface area contributed by atoms with Gasteiger partial charge in [0.2, 0.25) is 0 Å². The Morgan fingerprint density at radius 3 is 2.80 bits per heavy atom. The Kier molecular flexibility index (Phi) is 5.66. The molecule has 0 radical (unpaired) electrons. The van der Waals surface area contributed by atoms with Crippen LogP contribution in [0.3, 0.4) is 0 Å². The molecule has 1 N–H and O–H groups in total. The summed E-state index contributed by atoms with van der Waals surface area (Å²) >= 11 is 0. The van der Waals surface area contributed by atoms with Crippen molar-refractivity contribution >= 4 is 11.8 Å². The third-order valence-corrected chi connectivity index (χ3v) is 4.26. The second kappa shape index (κ2) is 8.32. The third kappa shape index (κ3) is 4.59. The topological polar surface area (TPSA) is 70.6 Å². The number of aromatic nitrogens is 2. The quantitative estimate of drug-likeness (QED) is 0.894. The lowest BCUT2D eigenvalue weighted by Gasteiger charge is -2.35. The number of nitrogens with zero attached hydrogens (tertiary/aromatic N) is 4. The Balaban J connectivity index is 1.42. The van der Waals surface area contributed by atoms with Gasteiger partial charge in [-0.05, 0) is 24.1 Å². The zero-order valence-corrected chi connectivity index (χ0v) is 14.4. The van der Waals surface area contributed by atoms with Gasteiger partial charge in [-0.1, -0.05) is 12.1 Å². The number of carbonyl (C=O) groups is 1. The van der Waals surface area contributed by atoms with Gasteiger partial charge < -0.3 is 19.9 Å². The van der Waals surface area contributed by atoms with Crippen LogP contribution in [-0.2, 0) is 6.42 Å². The first-order valence-corrected chi connectivity index (χ1v) is 8.43. The molecule has 1 fully saturated rings. The number of methoxy groups -OCH3 is 1. The minimum Gasteiger partial charge on any atom is -0.497 e. The van der Waals surface area contributed by atoms with Crippen LogP contribution in [0.25, 0.3) is 0 Å². The highest BCUT2D eigenvalue weighted by Gasteiger charge is 2.21. The Labute approximate surface area is 147 Å². The van der Waals surface area contributed by atoms with E-state index in [1.54, 1.807) is 25.7 Å². The van der Waals surface area contributed by atoms with Gasteiger partial charge in [-0.3, -0.25) is 4.98 Å². The van der Waals surface area contributed by atoms with Gasteiger partial charge in [0, 0.05) is 45.1 Å². The number of hydrogen-bond donors (Lipinski definition) is 1. The SMILES string of the molecule is COc1cccc(CCNC(=O)N2CCN(c3cnccn3)CC2)c1. The predicted octanol–water partition coefficient (Wildman–Crippen LogP) is 1.56. The Morgan fingerprint density at radius 2 is 2.08 bits per heavy atom. The van der Waals surface area contributed by atoms with E-state index in [1.807, 2.05) is 29.2 Å². The summed E-state index contributed by atoms with van der Waals surface area (Å²) in [5.41, 5.74) is 1.15. The summed E-state index contributed by atoms with van der Waals surface area (Å²) in [7, 11) is 1.65. The standard InChI is InChI=1S/C18H23N5O2/c1-25-16-4-2-3-15(13-16)5-6-21-18(24)23-11-9-22(10-12-23)17-14-19-7-8-20-17/h2-4,7-8,13-14H,5-6,9-12H2,1H3,(H,21,24). The molecule has 1 aliphatic heterocycles. The molecule has 2 heterocycles. The van der Waals surface area contributed by atoms with Crippen molar-refractivity contribution in [2.75, 3.05) is 44.7 Å². The first-order valence-electron chi connectivity index (χ1n) is 8.43. The number of carbonyl (C=O) groups excluding carboxylic acids is 1. The number of hydrogen-bond acceptors (Lipinski definition) is 5. The number of nitrogens with one attached hydrogen (secondary N) is 1. The number of amides is 2. The fourth-order valence-corrected chi connectivity index (χ4v) is 2.85. The van der Waals surface area contributed by atoms with E-state index in [9.17, 15) is 4.79 Å². The summed E-state index contributed by atoms with van der Waals surface area (Å²) in [6, 6.07) is 7.89. The van der Waals surface area contributed by atoms with E-state index in [0.717, 1.165) is 36.6 Å². The summed E-state index contributed by atoms with van der Waals surface area (Å²) < 4.78 is 5.21. The first kappa shape index (κ1) is 17.0. The molecule has 0 spiro atoms. The normalized spacial score (nSPS) is 14.3. The molecule has 0 saturated carbocycles. The van der Waals surface area contributed by atoms with Gasteiger partial charge in [-0.25, -0.2) is 9.78 Å². The molecule has 25 heavy (non-hydrogen) atoms. The van der Waals surface area contributed by atoms with Crippen LogP contribution in [0, 0.1) is 0 Å². The molecule has 0 aliphatic carbocycles. The van der Waals surface area contributed by atoms with Crippen molar-refractivity contribution in [3.8, 4) is 5.75 Å². The van der Waals surface area contributed by atoms with Gasteiger partial charge in [0.1, 0.15) is 11.6 Å². The van der Waals surface area contributed by atoms with Crippen LogP contribution in [0.2, 0.25) is 0 Å². The van der Waals surface area contributed by atoms with Gasteiger partial charge in [-0.15, -0.1) is 0 Å². The molecule has 2 aromatic rings. The fraction of sp³-hybridized carbons (Fsp3) is 0.389. The minimum atomic E-state index is -0.0123. The van der Waals surface area contributed by atoms with E-state index in [2.05, 4.69) is 20.2 Å². The zero-order chi connectivity index (χ0) is 17.5. The van der Waals surface area contributed by atoms with Crippen molar-refractivity contribution in [3.63, 3.8) is 0 Å². The minimum absolute atomic E-state index is 0.0123. The lowest BCUT2D eigenvalue weighted by Crippen LogP contribution is -2.52. The van der Waals surface area contributed by atoms with Crippen molar-refractivity contribution in [1.29, 1.82) is 0 Å². The molecular formula is C18H23N5O2. The molecule has 0 atom stereocenters. The maximum Gasteiger partial charge on any atom is 0.317 e. The molecule has 2 amide bonds. The predicted molar refractivity (Wildman–Crippen MR) is 95.9 cm³/mol. The molecule has 3 rings (SSSR count). The van der Waals surface area contributed by atoms with Crippen LogP contribution in [0.4, 0.5) is 10.6 Å². The Bertz CT molecular complexity index is 687. The van der Waals surface area contributed by atoms with Crippen LogP contribution in [0.15, 0.2) is 42.9 Å². The number of benzene rings is 1. The summed E-state index contributed by atoms with van der Waals surface area (Å²) in [5, 5.41) is 2.99. The van der Waals surface area contributed by atoms with Crippen LogP contribution in [0.5, 0.6) is 5.75 Å². The molecule has 0 bridgehead atoms. The van der Waals surface area contributed by atoms with Crippen molar-refractivity contribution in [2.45, 2.75) is 6.42 Å². The number of ether oxygens (including phenoxy) is 1. The second-order valence-corrected chi connectivity index (χ2v) is 5.87. The van der Waals surface area contributed by atoms with Gasteiger partial charge >= 0.3 is 6.03 Å². The third-order valence-electron chi connectivity index (χ3n) is 4.26.